The number of pyridine rings is 1. The predicted octanol–water partition coefficient (Wildman–Crippen LogP) is 4.22. The zero-order valence-corrected chi connectivity index (χ0v) is 17.9. The van der Waals surface area contributed by atoms with Crippen LogP contribution in [0.1, 0.15) is 30.5 Å². The van der Waals surface area contributed by atoms with Gasteiger partial charge in [0.15, 0.2) is 11.5 Å². The van der Waals surface area contributed by atoms with Gasteiger partial charge in [0.25, 0.3) is 0 Å². The summed E-state index contributed by atoms with van der Waals surface area (Å²) >= 11 is 0. The van der Waals surface area contributed by atoms with Crippen molar-refractivity contribution in [3.05, 3.63) is 78.0 Å². The molecule has 166 valence electrons. The van der Waals surface area contributed by atoms with Crippen molar-refractivity contribution in [1.82, 2.24) is 34.3 Å². The van der Waals surface area contributed by atoms with Crippen LogP contribution in [0.4, 0.5) is 14.7 Å². The van der Waals surface area contributed by atoms with Crippen LogP contribution in [0.5, 0.6) is 0 Å². The van der Waals surface area contributed by atoms with E-state index in [2.05, 4.69) is 25.1 Å². The quantitative estimate of drug-likeness (QED) is 0.434. The van der Waals surface area contributed by atoms with Crippen molar-refractivity contribution in [3.8, 4) is 22.5 Å². The first-order valence-corrected chi connectivity index (χ1v) is 10.4. The second-order valence-corrected chi connectivity index (χ2v) is 7.69. The predicted molar refractivity (Wildman–Crippen MR) is 119 cm³/mol. The van der Waals surface area contributed by atoms with Gasteiger partial charge in [-0.25, -0.2) is 18.3 Å². The molecule has 0 aliphatic heterocycles. The summed E-state index contributed by atoms with van der Waals surface area (Å²) < 4.78 is 31.4. The van der Waals surface area contributed by atoms with Crippen LogP contribution in [0, 0.1) is 18.6 Å². The highest BCUT2D eigenvalue weighted by atomic mass is 19.1. The maximum absolute atomic E-state index is 14.9. The molecule has 5 aromatic rings. The number of aromatic nitrogens is 7. The van der Waals surface area contributed by atoms with Gasteiger partial charge in [-0.3, -0.25) is 9.67 Å². The average Bonchev–Trinajstić information content (AvgIpc) is 3.43. The molecular weight excluding hydrogens is 426 g/mol. The van der Waals surface area contributed by atoms with E-state index in [1.54, 1.807) is 31.5 Å². The maximum atomic E-state index is 14.9. The van der Waals surface area contributed by atoms with Crippen LogP contribution < -0.4 is 5.73 Å². The van der Waals surface area contributed by atoms with Gasteiger partial charge < -0.3 is 5.73 Å². The third-order valence-electron chi connectivity index (χ3n) is 5.58. The SMILES string of the molecule is CCC(c1ccc(F)cc1)n1cc(-c2cncc(-c3c(F)cn4nc(N)nc4c3C)n2)cn1. The molecule has 0 amide bonds. The lowest BCUT2D eigenvalue weighted by atomic mass is 10.0. The molecule has 8 nitrogen and oxygen atoms in total. The lowest BCUT2D eigenvalue weighted by molar-refractivity contribution is 0.508. The third-order valence-corrected chi connectivity index (χ3v) is 5.58. The van der Waals surface area contributed by atoms with Gasteiger partial charge in [-0.2, -0.15) is 10.1 Å². The van der Waals surface area contributed by atoms with Crippen LogP contribution in [0.3, 0.4) is 0 Å². The minimum absolute atomic E-state index is 0.0593. The number of rotatable bonds is 5. The number of hydrogen-bond donors (Lipinski definition) is 1. The van der Waals surface area contributed by atoms with Gasteiger partial charge in [0.2, 0.25) is 5.95 Å². The van der Waals surface area contributed by atoms with Gasteiger partial charge in [-0.1, -0.05) is 19.1 Å². The molecule has 1 aromatic carbocycles. The minimum atomic E-state index is -0.505. The molecule has 10 heteroatoms. The largest absolute Gasteiger partial charge is 0.366 e. The van der Waals surface area contributed by atoms with E-state index in [4.69, 9.17) is 5.73 Å². The van der Waals surface area contributed by atoms with Gasteiger partial charge in [-0.05, 0) is 31.0 Å². The third kappa shape index (κ3) is 3.69. The molecule has 4 heterocycles. The molecule has 1 unspecified atom stereocenters. The molecule has 0 saturated heterocycles. The minimum Gasteiger partial charge on any atom is -0.366 e. The Kier molecular flexibility index (Phi) is 5.04. The normalized spacial score (nSPS) is 12.4. The molecule has 0 aliphatic carbocycles. The highest BCUT2D eigenvalue weighted by Crippen LogP contribution is 2.30. The van der Waals surface area contributed by atoms with Crippen molar-refractivity contribution < 1.29 is 8.78 Å². The van der Waals surface area contributed by atoms with Crippen LogP contribution in [0.15, 0.2) is 55.2 Å². The number of benzene rings is 1. The number of halogens is 2. The van der Waals surface area contributed by atoms with Crippen molar-refractivity contribution >= 4 is 11.6 Å². The van der Waals surface area contributed by atoms with E-state index >= 15 is 0 Å². The number of nitrogen functional groups attached to an aromatic ring is 1. The van der Waals surface area contributed by atoms with E-state index < -0.39 is 5.82 Å². The Bertz CT molecular complexity index is 1460. The summed E-state index contributed by atoms with van der Waals surface area (Å²) in [6, 6.07) is 6.33. The average molecular weight is 446 g/mol. The van der Waals surface area contributed by atoms with Gasteiger partial charge >= 0.3 is 0 Å². The standard InChI is InChI=1S/C23H20F2N8/c1-3-20(14-4-6-16(24)7-5-14)32-11-15(8-28-32)18-9-27-10-19(29-18)21-13(2)22-30-23(26)31-33(22)12-17(21)25/h4-12,20H,3H2,1-2H3,(H2,26,31). The summed E-state index contributed by atoms with van der Waals surface area (Å²) in [6.45, 7) is 3.78. The van der Waals surface area contributed by atoms with Crippen molar-refractivity contribution in [2.75, 3.05) is 5.73 Å². The molecular formula is C23H20F2N8. The Hall–Kier alpha value is -4.21. The lowest BCUT2D eigenvalue weighted by Gasteiger charge is -2.16. The fourth-order valence-electron chi connectivity index (χ4n) is 3.99. The summed E-state index contributed by atoms with van der Waals surface area (Å²) in [5.74, 6) is -0.723. The molecule has 0 fully saturated rings. The van der Waals surface area contributed by atoms with Crippen LogP contribution in [0.25, 0.3) is 28.2 Å². The number of fused-ring (bicyclic) bond motifs is 1. The molecule has 33 heavy (non-hydrogen) atoms. The first-order valence-electron chi connectivity index (χ1n) is 10.4. The monoisotopic (exact) mass is 446 g/mol. The molecule has 0 aliphatic rings. The van der Waals surface area contributed by atoms with E-state index in [-0.39, 0.29) is 23.4 Å². The van der Waals surface area contributed by atoms with E-state index in [1.807, 2.05) is 17.8 Å². The Morgan fingerprint density at radius 1 is 1.00 bits per heavy atom. The van der Waals surface area contributed by atoms with E-state index in [9.17, 15) is 8.78 Å². The Morgan fingerprint density at radius 3 is 2.52 bits per heavy atom. The second-order valence-electron chi connectivity index (χ2n) is 7.69. The number of nitrogens with zero attached hydrogens (tertiary/aromatic N) is 7. The van der Waals surface area contributed by atoms with Gasteiger partial charge in [0, 0.05) is 22.9 Å². The Morgan fingerprint density at radius 2 is 1.76 bits per heavy atom. The second kappa shape index (κ2) is 8.05. The molecule has 0 radical (unpaired) electrons. The van der Waals surface area contributed by atoms with Gasteiger partial charge in [-0.15, -0.1) is 5.10 Å². The molecule has 0 bridgehead atoms. The topological polar surface area (TPSA) is 99.8 Å². The van der Waals surface area contributed by atoms with Crippen molar-refractivity contribution in [2.45, 2.75) is 26.3 Å². The maximum Gasteiger partial charge on any atom is 0.240 e. The Balaban J connectivity index is 1.53. The van der Waals surface area contributed by atoms with E-state index in [0.717, 1.165) is 17.5 Å². The summed E-state index contributed by atoms with van der Waals surface area (Å²) in [5.41, 5.74) is 9.56. The molecule has 0 spiro atoms. The molecule has 0 saturated carbocycles. The fraction of sp³-hybridized carbons (Fsp3) is 0.174. The zero-order valence-electron chi connectivity index (χ0n) is 17.9. The lowest BCUT2D eigenvalue weighted by Crippen LogP contribution is -2.10. The van der Waals surface area contributed by atoms with Crippen LogP contribution >= 0.6 is 0 Å². The Labute approximate surface area is 187 Å². The summed E-state index contributed by atoms with van der Waals surface area (Å²) in [4.78, 5) is 13.1. The first-order chi connectivity index (χ1) is 15.9. The summed E-state index contributed by atoms with van der Waals surface area (Å²) in [5, 5.41) is 8.46. The van der Waals surface area contributed by atoms with Crippen LogP contribution in [-0.4, -0.2) is 34.3 Å². The van der Waals surface area contributed by atoms with Crippen molar-refractivity contribution in [1.29, 1.82) is 0 Å². The number of nitrogens with two attached hydrogens (primary N) is 1. The van der Waals surface area contributed by atoms with Crippen molar-refractivity contribution in [2.24, 2.45) is 0 Å². The first kappa shape index (κ1) is 20.7. The molecule has 2 N–H and O–H groups in total. The van der Waals surface area contributed by atoms with Gasteiger partial charge in [0.1, 0.15) is 5.82 Å². The van der Waals surface area contributed by atoms with Crippen LogP contribution in [-0.2, 0) is 0 Å². The highest BCUT2D eigenvalue weighted by molar-refractivity contribution is 5.72. The summed E-state index contributed by atoms with van der Waals surface area (Å²) in [6.07, 6.45) is 8.64. The fourth-order valence-corrected chi connectivity index (χ4v) is 3.99. The highest BCUT2D eigenvalue weighted by Gasteiger charge is 2.19. The summed E-state index contributed by atoms with van der Waals surface area (Å²) in [7, 11) is 0. The molecule has 4 aromatic heterocycles. The zero-order chi connectivity index (χ0) is 23.1. The van der Waals surface area contributed by atoms with E-state index in [0.29, 0.717) is 22.6 Å². The number of hydrogen-bond acceptors (Lipinski definition) is 6. The van der Waals surface area contributed by atoms with Crippen molar-refractivity contribution in [3.63, 3.8) is 0 Å². The number of aryl methyl sites for hydroxylation is 1. The molecule has 1 atom stereocenters. The molecule has 5 rings (SSSR count). The van der Waals surface area contributed by atoms with E-state index in [1.165, 1.54) is 29.0 Å². The smallest absolute Gasteiger partial charge is 0.240 e. The van der Waals surface area contributed by atoms with Crippen LogP contribution in [0.2, 0.25) is 0 Å². The van der Waals surface area contributed by atoms with Gasteiger partial charge in [0.05, 0.1) is 42.2 Å². The number of anilines is 1.